The summed E-state index contributed by atoms with van der Waals surface area (Å²) in [6, 6.07) is 4.45. The highest BCUT2D eigenvalue weighted by Crippen LogP contribution is 2.28. The molecule has 0 bridgehead atoms. The van der Waals surface area contributed by atoms with Crippen LogP contribution in [0, 0.1) is 11.3 Å². The van der Waals surface area contributed by atoms with Crippen molar-refractivity contribution in [1.29, 1.82) is 5.26 Å². The Kier molecular flexibility index (Phi) is 5.90. The highest BCUT2D eigenvalue weighted by molar-refractivity contribution is 9.08. The number of ether oxygens (including phenoxy) is 1. The van der Waals surface area contributed by atoms with Gasteiger partial charge in [0.25, 0.3) is 6.43 Å². The van der Waals surface area contributed by atoms with Crippen molar-refractivity contribution in [3.8, 4) is 6.07 Å². The second kappa shape index (κ2) is 7.19. The summed E-state index contributed by atoms with van der Waals surface area (Å²) in [7, 11) is 0. The molecule has 0 aliphatic rings. The average molecular weight is 332 g/mol. The molecular weight excluding hydrogens is 320 g/mol. The van der Waals surface area contributed by atoms with Crippen molar-refractivity contribution in [2.24, 2.45) is 0 Å². The van der Waals surface area contributed by atoms with Gasteiger partial charge in [0.05, 0.1) is 24.7 Å². The average Bonchev–Trinajstić information content (AvgIpc) is 2.38. The number of carbonyl (C=O) groups excluding carboxylic acids is 1. The van der Waals surface area contributed by atoms with E-state index in [4.69, 9.17) is 10.00 Å². The van der Waals surface area contributed by atoms with E-state index < -0.39 is 12.4 Å². The van der Waals surface area contributed by atoms with Crippen molar-refractivity contribution < 1.29 is 18.3 Å². The molecule has 19 heavy (non-hydrogen) atoms. The van der Waals surface area contributed by atoms with Gasteiger partial charge in [-0.05, 0) is 24.1 Å². The summed E-state index contributed by atoms with van der Waals surface area (Å²) in [5.41, 5.74) is 0.655. The second-order valence-corrected chi connectivity index (χ2v) is 4.30. The zero-order chi connectivity index (χ0) is 14.4. The Balaban J connectivity index is 3.20. The summed E-state index contributed by atoms with van der Waals surface area (Å²) in [5.74, 6) is -0.561. The molecular formula is C13H12BrF2NO2. The first-order chi connectivity index (χ1) is 9.03. The van der Waals surface area contributed by atoms with E-state index in [-0.39, 0.29) is 29.7 Å². The molecule has 0 spiro atoms. The highest BCUT2D eigenvalue weighted by Gasteiger charge is 2.19. The van der Waals surface area contributed by atoms with Crippen LogP contribution in [0.1, 0.15) is 35.6 Å². The van der Waals surface area contributed by atoms with Gasteiger partial charge in [0, 0.05) is 10.9 Å². The molecule has 1 rings (SSSR count). The largest absolute Gasteiger partial charge is 0.466 e. The second-order valence-electron chi connectivity index (χ2n) is 3.74. The first kappa shape index (κ1) is 15.6. The minimum absolute atomic E-state index is 0.180. The van der Waals surface area contributed by atoms with Gasteiger partial charge in [-0.2, -0.15) is 5.26 Å². The number of hydrogen-bond acceptors (Lipinski definition) is 3. The lowest BCUT2D eigenvalue weighted by Crippen LogP contribution is -2.10. The first-order valence-electron chi connectivity index (χ1n) is 5.59. The van der Waals surface area contributed by atoms with E-state index >= 15 is 0 Å². The van der Waals surface area contributed by atoms with E-state index in [1.54, 1.807) is 6.92 Å². The van der Waals surface area contributed by atoms with Gasteiger partial charge in [0.2, 0.25) is 0 Å². The maximum absolute atomic E-state index is 12.9. The summed E-state index contributed by atoms with van der Waals surface area (Å²) >= 11 is 3.19. The first-order valence-corrected chi connectivity index (χ1v) is 6.71. The monoisotopic (exact) mass is 331 g/mol. The maximum atomic E-state index is 12.9. The zero-order valence-electron chi connectivity index (χ0n) is 10.3. The summed E-state index contributed by atoms with van der Waals surface area (Å²) in [6.07, 6.45) is -2.96. The van der Waals surface area contributed by atoms with Gasteiger partial charge in [-0.25, -0.2) is 8.78 Å². The van der Waals surface area contributed by atoms with Crippen molar-refractivity contribution in [2.75, 3.05) is 6.61 Å². The fourth-order valence-electron chi connectivity index (χ4n) is 1.65. The van der Waals surface area contributed by atoms with Crippen molar-refractivity contribution >= 4 is 21.9 Å². The smallest absolute Gasteiger partial charge is 0.310 e. The number of halogens is 3. The normalized spacial score (nSPS) is 10.3. The lowest BCUT2D eigenvalue weighted by Gasteiger charge is -2.11. The molecule has 0 radical (unpaired) electrons. The van der Waals surface area contributed by atoms with Gasteiger partial charge in [-0.3, -0.25) is 4.79 Å². The van der Waals surface area contributed by atoms with Crippen LogP contribution in [0.3, 0.4) is 0 Å². The highest BCUT2D eigenvalue weighted by atomic mass is 79.9. The molecule has 0 N–H and O–H groups in total. The van der Waals surface area contributed by atoms with Crippen LogP contribution < -0.4 is 0 Å². The molecule has 1 aromatic rings. The number of nitriles is 1. The van der Waals surface area contributed by atoms with E-state index in [9.17, 15) is 13.6 Å². The fraction of sp³-hybridized carbons (Fsp3) is 0.385. The van der Waals surface area contributed by atoms with Crippen LogP contribution in [-0.2, 0) is 21.3 Å². The van der Waals surface area contributed by atoms with Gasteiger partial charge < -0.3 is 4.74 Å². The van der Waals surface area contributed by atoms with E-state index in [1.807, 2.05) is 6.07 Å². The van der Waals surface area contributed by atoms with Crippen LogP contribution >= 0.6 is 15.9 Å². The summed E-state index contributed by atoms with van der Waals surface area (Å²) in [5, 5.41) is 9.26. The van der Waals surface area contributed by atoms with Crippen LogP contribution in [0.25, 0.3) is 0 Å². The quantitative estimate of drug-likeness (QED) is 0.613. The fourth-order valence-corrected chi connectivity index (χ4v) is 2.11. The van der Waals surface area contributed by atoms with E-state index in [0.717, 1.165) is 6.07 Å². The number of rotatable bonds is 5. The van der Waals surface area contributed by atoms with Gasteiger partial charge in [0.1, 0.15) is 0 Å². The van der Waals surface area contributed by atoms with Gasteiger partial charge in [-0.15, -0.1) is 0 Å². The standard InChI is InChI=1S/C13H12BrF2NO2/c1-2-19-12(18)5-8-3-9(6-14)10(7-17)4-11(8)13(15)16/h3-4,13H,2,5-6H2,1H3. The third-order valence-corrected chi connectivity index (χ3v) is 3.11. The predicted octanol–water partition coefficient (Wildman–Crippen LogP) is 3.50. The molecule has 0 amide bonds. The Morgan fingerprint density at radius 1 is 1.47 bits per heavy atom. The SMILES string of the molecule is CCOC(=O)Cc1cc(CBr)c(C#N)cc1C(F)F. The Hall–Kier alpha value is -1.48. The minimum atomic E-state index is -2.74. The van der Waals surface area contributed by atoms with E-state index in [2.05, 4.69) is 15.9 Å². The lowest BCUT2D eigenvalue weighted by molar-refractivity contribution is -0.142. The molecule has 0 atom stereocenters. The molecule has 0 saturated carbocycles. The maximum Gasteiger partial charge on any atom is 0.310 e. The molecule has 0 saturated heterocycles. The van der Waals surface area contributed by atoms with Crippen LogP contribution in [0.4, 0.5) is 8.78 Å². The Bertz CT molecular complexity index is 512. The van der Waals surface area contributed by atoms with E-state index in [0.29, 0.717) is 10.9 Å². The molecule has 0 heterocycles. The van der Waals surface area contributed by atoms with Gasteiger partial charge in [0.15, 0.2) is 0 Å². The summed E-state index contributed by atoms with van der Waals surface area (Å²) in [6.45, 7) is 1.85. The minimum Gasteiger partial charge on any atom is -0.466 e. The zero-order valence-corrected chi connectivity index (χ0v) is 11.8. The molecule has 6 heteroatoms. The molecule has 3 nitrogen and oxygen atoms in total. The summed E-state index contributed by atoms with van der Waals surface area (Å²) in [4.78, 5) is 11.4. The van der Waals surface area contributed by atoms with Crippen molar-refractivity contribution in [1.82, 2.24) is 0 Å². The summed E-state index contributed by atoms with van der Waals surface area (Å²) < 4.78 is 30.6. The third kappa shape index (κ3) is 4.00. The van der Waals surface area contributed by atoms with Crippen LogP contribution in [0.2, 0.25) is 0 Å². The van der Waals surface area contributed by atoms with Crippen molar-refractivity contribution in [2.45, 2.75) is 25.1 Å². The van der Waals surface area contributed by atoms with Crippen LogP contribution in [0.5, 0.6) is 0 Å². The topological polar surface area (TPSA) is 50.1 Å². The predicted molar refractivity (Wildman–Crippen MR) is 69.1 cm³/mol. The number of alkyl halides is 3. The number of esters is 1. The molecule has 1 aromatic carbocycles. The molecule has 0 unspecified atom stereocenters. The van der Waals surface area contributed by atoms with Gasteiger partial charge in [-0.1, -0.05) is 22.0 Å². The van der Waals surface area contributed by atoms with Gasteiger partial charge >= 0.3 is 5.97 Å². The van der Waals surface area contributed by atoms with Crippen molar-refractivity contribution in [3.05, 3.63) is 34.4 Å². The number of hydrogen-bond donors (Lipinski definition) is 0. The number of carbonyl (C=O) groups is 1. The van der Waals surface area contributed by atoms with Crippen LogP contribution in [0.15, 0.2) is 12.1 Å². The molecule has 0 aliphatic carbocycles. The number of benzene rings is 1. The van der Waals surface area contributed by atoms with E-state index in [1.165, 1.54) is 6.07 Å². The third-order valence-electron chi connectivity index (χ3n) is 2.50. The lowest BCUT2D eigenvalue weighted by atomic mass is 9.98. The molecule has 0 aliphatic heterocycles. The van der Waals surface area contributed by atoms with Crippen LogP contribution in [-0.4, -0.2) is 12.6 Å². The Morgan fingerprint density at radius 2 is 2.16 bits per heavy atom. The molecule has 102 valence electrons. The molecule has 0 fully saturated rings. The Labute approximate surface area is 118 Å². The Morgan fingerprint density at radius 3 is 2.63 bits per heavy atom. The number of nitrogens with zero attached hydrogens (tertiary/aromatic N) is 1. The molecule has 0 aromatic heterocycles. The van der Waals surface area contributed by atoms with Crippen molar-refractivity contribution in [3.63, 3.8) is 0 Å².